The second-order valence-corrected chi connectivity index (χ2v) is 5.62. The highest BCUT2D eigenvalue weighted by molar-refractivity contribution is 6.18. The molecule has 0 fully saturated rings. The van der Waals surface area contributed by atoms with Gasteiger partial charge in [-0.15, -0.1) is 0 Å². The number of methoxy groups -OCH3 is 1. The van der Waals surface area contributed by atoms with Crippen LogP contribution in [0.1, 0.15) is 44.7 Å². The van der Waals surface area contributed by atoms with Crippen LogP contribution in [0.5, 0.6) is 5.75 Å². The van der Waals surface area contributed by atoms with Gasteiger partial charge in [-0.05, 0) is 35.9 Å². The standard InChI is InChI=1S/C19H15FO4/c1-10-13(9-11-3-5-12(6-4-11)19(23)24-2)18(22)17-15(21)8-7-14(20)16(10)17/h3-10,21H,1-2H3/b13-9-/t10-/m1/s1. The number of allylic oxidation sites excluding steroid dienone is 1. The van der Waals surface area contributed by atoms with E-state index in [2.05, 4.69) is 4.74 Å². The summed E-state index contributed by atoms with van der Waals surface area (Å²) in [4.78, 5) is 24.0. The topological polar surface area (TPSA) is 63.6 Å². The van der Waals surface area contributed by atoms with Crippen LogP contribution in [0.25, 0.3) is 6.08 Å². The molecule has 1 aliphatic carbocycles. The predicted octanol–water partition coefficient (Wildman–Crippen LogP) is 3.70. The smallest absolute Gasteiger partial charge is 0.337 e. The van der Waals surface area contributed by atoms with Crippen LogP contribution in [0.2, 0.25) is 0 Å². The number of carbonyl (C=O) groups is 2. The van der Waals surface area contributed by atoms with Gasteiger partial charge < -0.3 is 9.84 Å². The second-order valence-electron chi connectivity index (χ2n) is 5.62. The van der Waals surface area contributed by atoms with Gasteiger partial charge in [0.15, 0.2) is 5.78 Å². The number of rotatable bonds is 2. The Balaban J connectivity index is 2.00. The molecule has 0 aliphatic heterocycles. The van der Waals surface area contributed by atoms with Crippen molar-refractivity contribution in [3.63, 3.8) is 0 Å². The molecule has 0 heterocycles. The second kappa shape index (κ2) is 5.92. The van der Waals surface area contributed by atoms with Crippen LogP contribution in [0.4, 0.5) is 4.39 Å². The molecular formula is C19H15FO4. The molecule has 0 unspecified atom stereocenters. The number of phenols is 1. The third kappa shape index (κ3) is 2.48. The Morgan fingerprint density at radius 3 is 2.46 bits per heavy atom. The molecule has 0 spiro atoms. The highest BCUT2D eigenvalue weighted by Gasteiger charge is 2.36. The fraction of sp³-hybridized carbons (Fsp3) is 0.158. The maximum Gasteiger partial charge on any atom is 0.337 e. The Hall–Kier alpha value is -2.95. The predicted molar refractivity (Wildman–Crippen MR) is 86.6 cm³/mol. The van der Waals surface area contributed by atoms with E-state index in [9.17, 15) is 19.1 Å². The van der Waals surface area contributed by atoms with Gasteiger partial charge in [-0.25, -0.2) is 9.18 Å². The largest absolute Gasteiger partial charge is 0.507 e. The highest BCUT2D eigenvalue weighted by Crippen LogP contribution is 2.43. The van der Waals surface area contributed by atoms with Crippen LogP contribution in [0.15, 0.2) is 42.0 Å². The molecule has 5 heteroatoms. The number of aromatic hydroxyl groups is 1. The number of ketones is 1. The van der Waals surface area contributed by atoms with Crippen LogP contribution in [-0.4, -0.2) is 24.0 Å². The zero-order chi connectivity index (χ0) is 17.4. The van der Waals surface area contributed by atoms with E-state index < -0.39 is 17.7 Å². The van der Waals surface area contributed by atoms with Crippen LogP contribution in [0, 0.1) is 5.82 Å². The fourth-order valence-electron chi connectivity index (χ4n) is 2.94. The van der Waals surface area contributed by atoms with E-state index in [1.807, 2.05) is 0 Å². The Kier molecular flexibility index (Phi) is 3.93. The normalized spacial score (nSPS) is 17.9. The molecule has 0 saturated carbocycles. The van der Waals surface area contributed by atoms with Gasteiger partial charge in [-0.3, -0.25) is 4.79 Å². The number of hydrogen-bond donors (Lipinski definition) is 1. The van der Waals surface area contributed by atoms with Crippen LogP contribution in [0.3, 0.4) is 0 Å². The van der Waals surface area contributed by atoms with E-state index in [1.54, 1.807) is 37.3 Å². The molecule has 0 radical (unpaired) electrons. The summed E-state index contributed by atoms with van der Waals surface area (Å²) in [6.45, 7) is 1.72. The molecule has 1 N–H and O–H groups in total. The summed E-state index contributed by atoms with van der Waals surface area (Å²) in [5.41, 5.74) is 1.75. The van der Waals surface area contributed by atoms with E-state index in [0.717, 1.165) is 6.07 Å². The zero-order valence-electron chi connectivity index (χ0n) is 13.2. The van der Waals surface area contributed by atoms with Gasteiger partial charge in [-0.2, -0.15) is 0 Å². The Morgan fingerprint density at radius 1 is 1.21 bits per heavy atom. The average Bonchev–Trinajstić information content (AvgIpc) is 2.84. The molecule has 2 aromatic carbocycles. The quantitative estimate of drug-likeness (QED) is 0.675. The Morgan fingerprint density at radius 2 is 1.88 bits per heavy atom. The van der Waals surface area contributed by atoms with Crippen molar-refractivity contribution >= 4 is 17.8 Å². The summed E-state index contributed by atoms with van der Waals surface area (Å²) in [7, 11) is 1.30. The number of benzene rings is 2. The van der Waals surface area contributed by atoms with Gasteiger partial charge in [0.25, 0.3) is 0 Å². The van der Waals surface area contributed by atoms with E-state index >= 15 is 0 Å². The lowest BCUT2D eigenvalue weighted by atomic mass is 9.97. The molecule has 1 aliphatic rings. The zero-order valence-corrected chi connectivity index (χ0v) is 13.2. The summed E-state index contributed by atoms with van der Waals surface area (Å²) in [5, 5.41) is 9.89. The average molecular weight is 326 g/mol. The lowest BCUT2D eigenvalue weighted by molar-refractivity contribution is 0.0600. The van der Waals surface area contributed by atoms with Crippen LogP contribution in [-0.2, 0) is 4.74 Å². The molecule has 1 atom stereocenters. The molecular weight excluding hydrogens is 311 g/mol. The maximum atomic E-state index is 14.0. The van der Waals surface area contributed by atoms with Crippen molar-refractivity contribution in [1.29, 1.82) is 0 Å². The number of carbonyl (C=O) groups excluding carboxylic acids is 2. The van der Waals surface area contributed by atoms with E-state index in [0.29, 0.717) is 16.7 Å². The van der Waals surface area contributed by atoms with Crippen molar-refractivity contribution in [3.8, 4) is 5.75 Å². The van der Waals surface area contributed by atoms with E-state index in [-0.39, 0.29) is 22.7 Å². The minimum absolute atomic E-state index is 0.0277. The summed E-state index contributed by atoms with van der Waals surface area (Å²) < 4.78 is 18.7. The van der Waals surface area contributed by atoms with Gasteiger partial charge in [-0.1, -0.05) is 19.1 Å². The molecule has 0 amide bonds. The lowest BCUT2D eigenvalue weighted by Crippen LogP contribution is -2.01. The third-order valence-electron chi connectivity index (χ3n) is 4.21. The summed E-state index contributed by atoms with van der Waals surface area (Å²) >= 11 is 0. The lowest BCUT2D eigenvalue weighted by Gasteiger charge is -2.07. The molecule has 24 heavy (non-hydrogen) atoms. The first-order chi connectivity index (χ1) is 11.4. The van der Waals surface area contributed by atoms with Gasteiger partial charge >= 0.3 is 5.97 Å². The highest BCUT2D eigenvalue weighted by atomic mass is 19.1. The molecule has 2 aromatic rings. The van der Waals surface area contributed by atoms with Gasteiger partial charge in [0, 0.05) is 17.1 Å². The molecule has 4 nitrogen and oxygen atoms in total. The Bertz CT molecular complexity index is 866. The molecule has 3 rings (SSSR count). The van der Waals surface area contributed by atoms with Gasteiger partial charge in [0.05, 0.1) is 18.2 Å². The number of hydrogen-bond acceptors (Lipinski definition) is 4. The fourth-order valence-corrected chi connectivity index (χ4v) is 2.94. The first kappa shape index (κ1) is 15.9. The van der Waals surface area contributed by atoms with E-state index in [4.69, 9.17) is 0 Å². The molecule has 122 valence electrons. The first-order valence-corrected chi connectivity index (χ1v) is 7.40. The summed E-state index contributed by atoms with van der Waals surface area (Å²) in [5.74, 6) is -2.01. The molecule has 0 aromatic heterocycles. The van der Waals surface area contributed by atoms with Crippen molar-refractivity contribution in [1.82, 2.24) is 0 Å². The number of ether oxygens (including phenoxy) is 1. The van der Waals surface area contributed by atoms with Crippen LogP contribution >= 0.6 is 0 Å². The van der Waals surface area contributed by atoms with Crippen molar-refractivity contribution in [2.24, 2.45) is 0 Å². The Labute approximate surface area is 138 Å². The van der Waals surface area contributed by atoms with Gasteiger partial charge in [0.2, 0.25) is 0 Å². The van der Waals surface area contributed by atoms with Crippen molar-refractivity contribution in [3.05, 3.63) is 70.0 Å². The van der Waals surface area contributed by atoms with Crippen LogP contribution < -0.4 is 0 Å². The minimum atomic E-state index is -0.506. The van der Waals surface area contributed by atoms with Crippen molar-refractivity contribution in [2.45, 2.75) is 12.8 Å². The number of halogens is 1. The summed E-state index contributed by atoms with van der Waals surface area (Å²) in [6, 6.07) is 8.89. The number of fused-ring (bicyclic) bond motifs is 1. The van der Waals surface area contributed by atoms with Crippen molar-refractivity contribution in [2.75, 3.05) is 7.11 Å². The van der Waals surface area contributed by atoms with Crippen molar-refractivity contribution < 1.29 is 23.8 Å². The maximum absolute atomic E-state index is 14.0. The number of esters is 1. The minimum Gasteiger partial charge on any atom is -0.507 e. The number of Topliss-reactive ketones (excluding diaryl/α,β-unsaturated/α-hetero) is 1. The van der Waals surface area contributed by atoms with E-state index in [1.165, 1.54) is 13.2 Å². The SMILES string of the molecule is COC(=O)c1ccc(/C=C2\C(=O)c3c(O)ccc(F)c3[C@@H]2C)cc1. The van der Waals surface area contributed by atoms with Gasteiger partial charge in [0.1, 0.15) is 11.6 Å². The number of phenolic OH excluding ortho intramolecular Hbond substituents is 1. The summed E-state index contributed by atoms with van der Waals surface area (Å²) in [6.07, 6.45) is 1.65. The third-order valence-corrected chi connectivity index (χ3v) is 4.21. The molecule has 0 saturated heterocycles. The molecule has 0 bridgehead atoms. The first-order valence-electron chi connectivity index (χ1n) is 7.40. The monoisotopic (exact) mass is 326 g/mol.